The average Bonchev–Trinajstić information content (AvgIpc) is 3.24. The minimum atomic E-state index is -4.41. The number of carbonyl (C=O) groups is 1. The van der Waals surface area contributed by atoms with Crippen LogP contribution in [0.25, 0.3) is 0 Å². The van der Waals surface area contributed by atoms with E-state index in [0.717, 1.165) is 30.9 Å². The molecule has 2 heterocycles. The van der Waals surface area contributed by atoms with Crippen molar-refractivity contribution in [3.8, 4) is 0 Å². The fraction of sp³-hybridized carbons (Fsp3) is 0.409. The van der Waals surface area contributed by atoms with E-state index in [4.69, 9.17) is 0 Å². The van der Waals surface area contributed by atoms with Gasteiger partial charge in [-0.1, -0.05) is 18.2 Å². The zero-order valence-electron chi connectivity index (χ0n) is 18.1. The third-order valence-electron chi connectivity index (χ3n) is 5.08. The fourth-order valence-corrected chi connectivity index (χ4v) is 3.31. The van der Waals surface area contributed by atoms with Gasteiger partial charge >= 0.3 is 6.18 Å². The molecule has 1 saturated heterocycles. The Labute approximate surface area is 185 Å². The van der Waals surface area contributed by atoms with Gasteiger partial charge in [-0.2, -0.15) is 13.2 Å². The third kappa shape index (κ3) is 6.60. The standard InChI is InChI=1S/C22H27F3N6O/c1-30(2)20(32)14-28-21(27-13-16-6-5-7-17(12-16)22(23,24)25)29-18-9-11-31(15-18)19-8-3-4-10-26-19/h3-8,10,12,18H,9,11,13-15H2,1-2H3,(H2,27,28,29). The summed E-state index contributed by atoms with van der Waals surface area (Å²) in [4.78, 5) is 24.4. The number of likely N-dealkylation sites (N-methyl/N-ethyl adjacent to an activating group) is 1. The number of anilines is 1. The number of aromatic nitrogens is 1. The molecule has 32 heavy (non-hydrogen) atoms. The lowest BCUT2D eigenvalue weighted by atomic mass is 10.1. The molecule has 0 bridgehead atoms. The van der Waals surface area contributed by atoms with E-state index in [-0.39, 0.29) is 25.0 Å². The number of aliphatic imine (C=N–C) groups is 1. The monoisotopic (exact) mass is 448 g/mol. The highest BCUT2D eigenvalue weighted by atomic mass is 19.4. The van der Waals surface area contributed by atoms with Gasteiger partial charge < -0.3 is 20.4 Å². The molecule has 1 aromatic carbocycles. The summed E-state index contributed by atoms with van der Waals surface area (Å²) >= 11 is 0. The van der Waals surface area contributed by atoms with Gasteiger partial charge in [0.05, 0.1) is 18.7 Å². The maximum atomic E-state index is 13.0. The number of nitrogens with one attached hydrogen (secondary N) is 2. The van der Waals surface area contributed by atoms with Crippen LogP contribution in [0.3, 0.4) is 0 Å². The maximum absolute atomic E-state index is 13.0. The highest BCUT2D eigenvalue weighted by Crippen LogP contribution is 2.29. The van der Waals surface area contributed by atoms with Gasteiger partial charge in [0.15, 0.2) is 5.96 Å². The van der Waals surface area contributed by atoms with Crippen LogP contribution in [0.5, 0.6) is 0 Å². The van der Waals surface area contributed by atoms with Crippen LogP contribution in [-0.4, -0.2) is 61.5 Å². The molecule has 0 saturated carbocycles. The van der Waals surface area contributed by atoms with Gasteiger partial charge in [0.25, 0.3) is 0 Å². The summed E-state index contributed by atoms with van der Waals surface area (Å²) in [5, 5.41) is 6.29. The fourth-order valence-electron chi connectivity index (χ4n) is 3.31. The molecule has 1 atom stereocenters. The molecule has 1 aliphatic rings. The molecule has 1 fully saturated rings. The van der Waals surface area contributed by atoms with E-state index >= 15 is 0 Å². The number of guanidine groups is 1. The number of hydrogen-bond acceptors (Lipinski definition) is 4. The van der Waals surface area contributed by atoms with Gasteiger partial charge in [-0.05, 0) is 36.2 Å². The van der Waals surface area contributed by atoms with E-state index < -0.39 is 11.7 Å². The number of alkyl halides is 3. The van der Waals surface area contributed by atoms with Crippen molar-refractivity contribution in [2.24, 2.45) is 4.99 Å². The molecule has 1 amide bonds. The van der Waals surface area contributed by atoms with Crippen LogP contribution < -0.4 is 15.5 Å². The van der Waals surface area contributed by atoms with Crippen molar-refractivity contribution in [3.63, 3.8) is 0 Å². The Morgan fingerprint density at radius 1 is 1.25 bits per heavy atom. The van der Waals surface area contributed by atoms with Gasteiger partial charge in [0.2, 0.25) is 5.91 Å². The minimum Gasteiger partial charge on any atom is -0.354 e. The summed E-state index contributed by atoms with van der Waals surface area (Å²) in [6.45, 7) is 1.58. The predicted molar refractivity (Wildman–Crippen MR) is 117 cm³/mol. The molecule has 7 nitrogen and oxygen atoms in total. The van der Waals surface area contributed by atoms with Gasteiger partial charge in [-0.3, -0.25) is 4.79 Å². The summed E-state index contributed by atoms with van der Waals surface area (Å²) in [6.07, 6.45) is -1.83. The van der Waals surface area contributed by atoms with Crippen LogP contribution in [0.15, 0.2) is 53.7 Å². The van der Waals surface area contributed by atoms with Crippen LogP contribution in [0, 0.1) is 0 Å². The molecule has 1 aromatic heterocycles. The zero-order valence-corrected chi connectivity index (χ0v) is 18.1. The topological polar surface area (TPSA) is 72.9 Å². The Kier molecular flexibility index (Phi) is 7.55. The number of amides is 1. The lowest BCUT2D eigenvalue weighted by Crippen LogP contribution is -2.47. The lowest BCUT2D eigenvalue weighted by molar-refractivity contribution is -0.137. The predicted octanol–water partition coefficient (Wildman–Crippen LogP) is 2.50. The molecule has 0 spiro atoms. The molecule has 10 heteroatoms. The number of rotatable bonds is 6. The first kappa shape index (κ1) is 23.4. The molecular weight excluding hydrogens is 421 g/mol. The molecule has 3 rings (SSSR count). The van der Waals surface area contributed by atoms with Gasteiger partial charge in [0, 0.05) is 39.4 Å². The van der Waals surface area contributed by atoms with E-state index in [9.17, 15) is 18.0 Å². The van der Waals surface area contributed by atoms with Crippen LogP contribution in [0.4, 0.5) is 19.0 Å². The normalized spacial score (nSPS) is 16.7. The Bertz CT molecular complexity index is 933. The summed E-state index contributed by atoms with van der Waals surface area (Å²) in [5.74, 6) is 1.13. The Morgan fingerprint density at radius 3 is 2.75 bits per heavy atom. The van der Waals surface area contributed by atoms with Gasteiger partial charge in [0.1, 0.15) is 5.82 Å². The van der Waals surface area contributed by atoms with Gasteiger partial charge in [-0.15, -0.1) is 0 Å². The Balaban J connectivity index is 1.68. The van der Waals surface area contributed by atoms with Gasteiger partial charge in [-0.25, -0.2) is 9.98 Å². The summed E-state index contributed by atoms with van der Waals surface area (Å²) in [6, 6.07) is 10.9. The van der Waals surface area contributed by atoms with Crippen LogP contribution in [0.2, 0.25) is 0 Å². The van der Waals surface area contributed by atoms with Crippen molar-refractivity contribution in [2.75, 3.05) is 38.6 Å². The SMILES string of the molecule is CN(C)C(=O)CNC(=NCc1cccc(C(F)(F)F)c1)NC1CCN(c2ccccn2)C1. The molecule has 1 aliphatic heterocycles. The molecule has 172 valence electrons. The number of benzene rings is 1. The second-order valence-corrected chi connectivity index (χ2v) is 7.77. The Morgan fingerprint density at radius 2 is 2.06 bits per heavy atom. The number of nitrogens with zero attached hydrogens (tertiary/aromatic N) is 4. The first-order chi connectivity index (χ1) is 15.2. The first-order valence-electron chi connectivity index (χ1n) is 10.3. The number of pyridine rings is 1. The van der Waals surface area contributed by atoms with E-state index in [1.807, 2.05) is 18.2 Å². The van der Waals surface area contributed by atoms with E-state index in [2.05, 4.69) is 25.5 Å². The smallest absolute Gasteiger partial charge is 0.354 e. The lowest BCUT2D eigenvalue weighted by Gasteiger charge is -2.20. The summed E-state index contributed by atoms with van der Waals surface area (Å²) < 4.78 is 39.0. The summed E-state index contributed by atoms with van der Waals surface area (Å²) in [5.41, 5.74) is -0.279. The minimum absolute atomic E-state index is 0.0259. The quantitative estimate of drug-likeness (QED) is 0.525. The molecule has 0 aliphatic carbocycles. The first-order valence-corrected chi connectivity index (χ1v) is 10.3. The van der Waals surface area contributed by atoms with Crippen molar-refractivity contribution in [3.05, 3.63) is 59.8 Å². The second-order valence-electron chi connectivity index (χ2n) is 7.77. The van der Waals surface area contributed by atoms with Crippen molar-refractivity contribution in [1.82, 2.24) is 20.5 Å². The van der Waals surface area contributed by atoms with Crippen molar-refractivity contribution >= 4 is 17.7 Å². The zero-order chi connectivity index (χ0) is 23.1. The van der Waals surface area contributed by atoms with Crippen molar-refractivity contribution in [1.29, 1.82) is 0 Å². The van der Waals surface area contributed by atoms with E-state index in [1.54, 1.807) is 26.4 Å². The van der Waals surface area contributed by atoms with Crippen LogP contribution >= 0.6 is 0 Å². The highest BCUT2D eigenvalue weighted by Gasteiger charge is 2.30. The van der Waals surface area contributed by atoms with Crippen LogP contribution in [0.1, 0.15) is 17.5 Å². The number of carbonyl (C=O) groups excluding carboxylic acids is 1. The number of halogens is 3. The highest BCUT2D eigenvalue weighted by molar-refractivity contribution is 5.86. The van der Waals surface area contributed by atoms with Crippen molar-refractivity contribution in [2.45, 2.75) is 25.2 Å². The van der Waals surface area contributed by atoms with Crippen LogP contribution in [-0.2, 0) is 17.5 Å². The molecule has 0 radical (unpaired) electrons. The third-order valence-corrected chi connectivity index (χ3v) is 5.08. The maximum Gasteiger partial charge on any atom is 0.416 e. The van der Waals surface area contributed by atoms with E-state index in [0.29, 0.717) is 18.1 Å². The van der Waals surface area contributed by atoms with E-state index in [1.165, 1.54) is 11.0 Å². The number of hydrogen-bond donors (Lipinski definition) is 2. The van der Waals surface area contributed by atoms with Crippen molar-refractivity contribution < 1.29 is 18.0 Å². The second kappa shape index (κ2) is 10.3. The molecular formula is C22H27F3N6O. The molecule has 2 N–H and O–H groups in total. The molecule has 1 unspecified atom stereocenters. The average molecular weight is 448 g/mol. The summed E-state index contributed by atoms with van der Waals surface area (Å²) in [7, 11) is 3.30. The Hall–Kier alpha value is -3.30. The largest absolute Gasteiger partial charge is 0.416 e. The molecule has 2 aromatic rings.